The van der Waals surface area contributed by atoms with Gasteiger partial charge in [0.15, 0.2) is 5.69 Å². The Morgan fingerprint density at radius 2 is 1.85 bits per heavy atom. The number of nitrogens with one attached hydrogen (secondary N) is 1. The van der Waals surface area contributed by atoms with Crippen molar-refractivity contribution < 1.29 is 4.79 Å². The smallest absolute Gasteiger partial charge is 0.272 e. The van der Waals surface area contributed by atoms with E-state index in [0.717, 1.165) is 36.6 Å². The van der Waals surface area contributed by atoms with E-state index in [0.29, 0.717) is 18.8 Å². The molecule has 0 radical (unpaired) electrons. The number of carbonyl (C=O) groups is 1. The molecule has 1 aliphatic heterocycles. The number of benzene rings is 2. The van der Waals surface area contributed by atoms with E-state index < -0.39 is 0 Å². The van der Waals surface area contributed by atoms with Crippen molar-refractivity contribution in [2.75, 3.05) is 6.54 Å². The van der Waals surface area contributed by atoms with Crippen LogP contribution in [-0.2, 0) is 32.6 Å². The van der Waals surface area contributed by atoms with Crippen molar-refractivity contribution in [1.29, 1.82) is 0 Å². The van der Waals surface area contributed by atoms with Crippen LogP contribution in [0.2, 0.25) is 0 Å². The molecule has 1 amide bonds. The molecule has 3 heterocycles. The van der Waals surface area contributed by atoms with Crippen molar-refractivity contribution in [3.05, 3.63) is 105 Å². The average molecular weight is 458 g/mol. The molecule has 0 aliphatic carbocycles. The minimum atomic E-state index is -0.134. The molecule has 0 spiro atoms. The molecule has 1 N–H and O–H groups in total. The van der Waals surface area contributed by atoms with Crippen molar-refractivity contribution in [2.24, 2.45) is 0 Å². The maximum absolute atomic E-state index is 13.2. The largest absolute Gasteiger partial charge is 0.344 e. The number of hydrogen-bond acceptors (Lipinski definition) is 5. The minimum Gasteiger partial charge on any atom is -0.344 e. The highest BCUT2D eigenvalue weighted by Gasteiger charge is 2.28. The number of fused-ring (bicyclic) bond motifs is 1. The fourth-order valence-electron chi connectivity index (χ4n) is 4.28. The molecule has 168 valence electrons. The molecule has 2 aromatic heterocycles. The van der Waals surface area contributed by atoms with Gasteiger partial charge in [-0.1, -0.05) is 60.2 Å². The number of amides is 1. The lowest BCUT2D eigenvalue weighted by Gasteiger charge is -2.28. The second-order valence-corrected chi connectivity index (χ2v) is 9.45. The molecular formula is C26H27N5OS. The van der Waals surface area contributed by atoms with Gasteiger partial charge >= 0.3 is 0 Å². The summed E-state index contributed by atoms with van der Waals surface area (Å²) in [6.07, 6.45) is 2.63. The van der Waals surface area contributed by atoms with E-state index in [-0.39, 0.29) is 5.91 Å². The highest BCUT2D eigenvalue weighted by molar-refractivity contribution is 7.09. The van der Waals surface area contributed by atoms with Crippen LogP contribution in [0.1, 0.15) is 43.4 Å². The molecule has 0 fully saturated rings. The van der Waals surface area contributed by atoms with Gasteiger partial charge in [-0.25, -0.2) is 4.98 Å². The average Bonchev–Trinajstić information content (AvgIpc) is 3.48. The van der Waals surface area contributed by atoms with Crippen molar-refractivity contribution in [1.82, 2.24) is 25.0 Å². The zero-order chi connectivity index (χ0) is 22.6. The van der Waals surface area contributed by atoms with Gasteiger partial charge in [0.05, 0.1) is 13.1 Å². The number of hydrogen-bond donors (Lipinski definition) is 1. The summed E-state index contributed by atoms with van der Waals surface area (Å²) in [6, 6.07) is 19.0. The first kappa shape index (κ1) is 21.6. The molecule has 0 unspecified atom stereocenters. The molecule has 0 atom stereocenters. The van der Waals surface area contributed by atoms with Gasteiger partial charge < -0.3 is 5.32 Å². The van der Waals surface area contributed by atoms with Crippen molar-refractivity contribution in [3.8, 4) is 0 Å². The number of aryl methyl sites for hydroxylation is 1. The SMILES string of the molecule is Cc1ccc(CN2CCc3c(c(C(=O)NCc4nccs4)nn3Cc3ccccc3)C2)cc1. The van der Waals surface area contributed by atoms with Gasteiger partial charge in [0, 0.05) is 48.9 Å². The van der Waals surface area contributed by atoms with Crippen molar-refractivity contribution >= 4 is 17.2 Å². The number of rotatable bonds is 7. The van der Waals surface area contributed by atoms with Gasteiger partial charge in [0.2, 0.25) is 0 Å². The predicted molar refractivity (Wildman–Crippen MR) is 130 cm³/mol. The Balaban J connectivity index is 1.39. The summed E-state index contributed by atoms with van der Waals surface area (Å²) in [6.45, 7) is 5.72. The Hall–Kier alpha value is -3.29. The van der Waals surface area contributed by atoms with E-state index >= 15 is 0 Å². The minimum absolute atomic E-state index is 0.134. The maximum atomic E-state index is 13.2. The zero-order valence-electron chi connectivity index (χ0n) is 18.7. The predicted octanol–water partition coefficient (Wildman–Crippen LogP) is 4.18. The molecule has 0 saturated carbocycles. The van der Waals surface area contributed by atoms with E-state index in [9.17, 15) is 4.79 Å². The lowest BCUT2D eigenvalue weighted by molar-refractivity contribution is 0.0942. The van der Waals surface area contributed by atoms with Gasteiger partial charge in [0.1, 0.15) is 5.01 Å². The normalized spacial score (nSPS) is 13.6. The van der Waals surface area contributed by atoms with Crippen LogP contribution in [0.3, 0.4) is 0 Å². The molecule has 0 saturated heterocycles. The van der Waals surface area contributed by atoms with Gasteiger partial charge in [-0.3, -0.25) is 14.4 Å². The Morgan fingerprint density at radius 3 is 2.61 bits per heavy atom. The summed E-state index contributed by atoms with van der Waals surface area (Å²) in [5.41, 5.74) is 6.47. The van der Waals surface area contributed by atoms with Crippen molar-refractivity contribution in [3.63, 3.8) is 0 Å². The molecule has 1 aliphatic rings. The zero-order valence-corrected chi connectivity index (χ0v) is 19.5. The third-order valence-corrected chi connectivity index (χ3v) is 6.79. The summed E-state index contributed by atoms with van der Waals surface area (Å²) < 4.78 is 2.02. The maximum Gasteiger partial charge on any atom is 0.272 e. The lowest BCUT2D eigenvalue weighted by Crippen LogP contribution is -2.32. The second-order valence-electron chi connectivity index (χ2n) is 8.47. The summed E-state index contributed by atoms with van der Waals surface area (Å²) in [4.78, 5) is 19.8. The summed E-state index contributed by atoms with van der Waals surface area (Å²) >= 11 is 1.54. The first-order chi connectivity index (χ1) is 16.2. The topological polar surface area (TPSA) is 63.1 Å². The number of nitrogens with zero attached hydrogens (tertiary/aromatic N) is 4. The van der Waals surface area contributed by atoms with Crippen LogP contribution in [-0.4, -0.2) is 32.1 Å². The van der Waals surface area contributed by atoms with E-state index in [1.165, 1.54) is 33.7 Å². The van der Waals surface area contributed by atoms with Crippen LogP contribution in [0.15, 0.2) is 66.2 Å². The molecule has 2 aromatic carbocycles. The molecule has 33 heavy (non-hydrogen) atoms. The molecule has 7 heteroatoms. The molecular weight excluding hydrogens is 430 g/mol. The Bertz CT molecular complexity index is 1220. The molecule has 4 aromatic rings. The van der Waals surface area contributed by atoms with Gasteiger partial charge in [-0.05, 0) is 18.1 Å². The quantitative estimate of drug-likeness (QED) is 0.452. The first-order valence-electron chi connectivity index (χ1n) is 11.2. The van der Waals surface area contributed by atoms with Crippen LogP contribution >= 0.6 is 11.3 Å². The van der Waals surface area contributed by atoms with Gasteiger partial charge in [-0.2, -0.15) is 5.10 Å². The Morgan fingerprint density at radius 1 is 1.06 bits per heavy atom. The summed E-state index contributed by atoms with van der Waals surface area (Å²) in [7, 11) is 0. The van der Waals surface area contributed by atoms with Gasteiger partial charge in [-0.15, -0.1) is 11.3 Å². The van der Waals surface area contributed by atoms with E-state index in [4.69, 9.17) is 5.10 Å². The van der Waals surface area contributed by atoms with E-state index in [2.05, 4.69) is 58.5 Å². The van der Waals surface area contributed by atoms with Crippen molar-refractivity contribution in [2.45, 2.75) is 39.5 Å². The number of thiazole rings is 1. The van der Waals surface area contributed by atoms with Crippen LogP contribution in [0, 0.1) is 6.92 Å². The summed E-state index contributed by atoms with van der Waals surface area (Å²) in [5.74, 6) is -0.134. The second kappa shape index (κ2) is 9.68. The fraction of sp³-hybridized carbons (Fsp3) is 0.269. The Labute approximate surface area is 197 Å². The Kier molecular flexibility index (Phi) is 6.32. The van der Waals surface area contributed by atoms with E-state index in [1.807, 2.05) is 28.3 Å². The summed E-state index contributed by atoms with van der Waals surface area (Å²) in [5, 5.41) is 10.6. The molecule has 6 nitrogen and oxygen atoms in total. The highest BCUT2D eigenvalue weighted by Crippen LogP contribution is 2.25. The number of aromatic nitrogens is 3. The standard InChI is InChI=1S/C26H27N5OS/c1-19-7-9-21(10-8-19)16-30-13-11-23-22(18-30)25(26(32)28-15-24-27-12-14-33-24)29-31(23)17-20-5-3-2-4-6-20/h2-10,12,14H,11,13,15-18H2,1H3,(H,28,32). The highest BCUT2D eigenvalue weighted by atomic mass is 32.1. The van der Waals surface area contributed by atoms with Gasteiger partial charge in [0.25, 0.3) is 5.91 Å². The first-order valence-corrected chi connectivity index (χ1v) is 12.1. The lowest BCUT2D eigenvalue weighted by atomic mass is 10.0. The van der Waals surface area contributed by atoms with Crippen LogP contribution < -0.4 is 5.32 Å². The fourth-order valence-corrected chi connectivity index (χ4v) is 4.84. The van der Waals surface area contributed by atoms with E-state index in [1.54, 1.807) is 6.20 Å². The third kappa shape index (κ3) is 5.05. The molecule has 0 bridgehead atoms. The monoisotopic (exact) mass is 457 g/mol. The third-order valence-electron chi connectivity index (χ3n) is 6.01. The number of carbonyl (C=O) groups excluding carboxylic acids is 1. The van der Waals surface area contributed by atoms with Crippen LogP contribution in [0.4, 0.5) is 0 Å². The molecule has 5 rings (SSSR count). The van der Waals surface area contributed by atoms with Crippen LogP contribution in [0.5, 0.6) is 0 Å². The van der Waals surface area contributed by atoms with Crippen LogP contribution in [0.25, 0.3) is 0 Å².